The van der Waals surface area contributed by atoms with Crippen LogP contribution in [0, 0.1) is 0 Å². The van der Waals surface area contributed by atoms with Gasteiger partial charge in [-0.2, -0.15) is 4.31 Å². The number of amides is 1. The van der Waals surface area contributed by atoms with Gasteiger partial charge in [0.05, 0.1) is 29.2 Å². The molecular weight excluding hydrogens is 576 g/mol. The zero-order chi connectivity index (χ0) is 31.5. The lowest BCUT2D eigenvalue weighted by Crippen LogP contribution is -2.50. The molecule has 1 fully saturated rings. The molecule has 236 valence electrons. The maximum absolute atomic E-state index is 13.8. The van der Waals surface area contributed by atoms with Crippen LogP contribution in [0.3, 0.4) is 0 Å². The van der Waals surface area contributed by atoms with Crippen LogP contribution in [-0.4, -0.2) is 96.2 Å². The first-order valence-electron chi connectivity index (χ1n) is 14.6. The average Bonchev–Trinajstić information content (AvgIpc) is 3.35. The molecule has 1 aliphatic heterocycles. The number of nitrogens with zero attached hydrogens (tertiary/aromatic N) is 5. The third-order valence-electron chi connectivity index (χ3n) is 7.40. The number of hydrogen-bond donors (Lipinski definition) is 1. The number of benzene rings is 1. The van der Waals surface area contributed by atoms with Crippen molar-refractivity contribution in [2.45, 2.75) is 51.6 Å². The molecule has 0 spiro atoms. The van der Waals surface area contributed by atoms with Crippen molar-refractivity contribution >= 4 is 27.1 Å². The first-order valence-corrected chi connectivity index (χ1v) is 16.1. The average molecular weight is 619 g/mol. The molecule has 3 heterocycles. The third kappa shape index (κ3) is 6.36. The van der Waals surface area contributed by atoms with E-state index in [2.05, 4.69) is 4.98 Å². The number of rotatable bonds is 11. The van der Waals surface area contributed by atoms with E-state index in [9.17, 15) is 22.8 Å². The van der Waals surface area contributed by atoms with Crippen LogP contribution in [0.15, 0.2) is 32.7 Å². The van der Waals surface area contributed by atoms with Gasteiger partial charge in [-0.3, -0.25) is 13.9 Å². The number of hydrogen-bond acceptors (Lipinski definition) is 8. The lowest BCUT2D eigenvalue weighted by Gasteiger charge is -2.33. The van der Waals surface area contributed by atoms with E-state index in [4.69, 9.17) is 9.47 Å². The summed E-state index contributed by atoms with van der Waals surface area (Å²) >= 11 is 0. The normalized spacial score (nSPS) is 14.5. The van der Waals surface area contributed by atoms with Crippen LogP contribution < -0.4 is 16.0 Å². The number of carbonyl (C=O) groups is 1. The van der Waals surface area contributed by atoms with Crippen LogP contribution in [-0.2, 0) is 34.9 Å². The van der Waals surface area contributed by atoms with Gasteiger partial charge in [0.1, 0.15) is 11.4 Å². The van der Waals surface area contributed by atoms with Gasteiger partial charge in [-0.1, -0.05) is 13.8 Å². The van der Waals surface area contributed by atoms with Crippen molar-refractivity contribution in [1.82, 2.24) is 28.2 Å². The molecule has 1 N–H and O–H groups in total. The maximum Gasteiger partial charge on any atom is 0.409 e. The summed E-state index contributed by atoms with van der Waals surface area (Å²) in [6.45, 7) is 7.74. The number of aromatic nitrogens is 3. The summed E-state index contributed by atoms with van der Waals surface area (Å²) in [6, 6.07) is 4.71. The Labute approximate surface area is 251 Å². The van der Waals surface area contributed by atoms with Crippen molar-refractivity contribution in [3.05, 3.63) is 44.6 Å². The van der Waals surface area contributed by atoms with Crippen molar-refractivity contribution in [2.24, 2.45) is 7.05 Å². The number of nitrogens with one attached hydrogen (secondary N) is 1. The largest absolute Gasteiger partial charge is 0.493 e. The molecule has 0 bridgehead atoms. The van der Waals surface area contributed by atoms with Gasteiger partial charge in [-0.05, 0) is 52.1 Å². The molecule has 0 aliphatic carbocycles. The monoisotopic (exact) mass is 618 g/mol. The molecule has 0 radical (unpaired) electrons. The first-order chi connectivity index (χ1) is 20.5. The first kappa shape index (κ1) is 32.3. The second-order valence-corrected chi connectivity index (χ2v) is 12.8. The van der Waals surface area contributed by atoms with E-state index in [1.54, 1.807) is 23.6 Å². The highest BCUT2D eigenvalue weighted by molar-refractivity contribution is 7.89. The summed E-state index contributed by atoms with van der Waals surface area (Å²) in [6.07, 6.45) is 0.948. The standard InChI is InChI=1S/C29H42N6O7S/c1-7-12-35-26-24(27(36)32(6)28(35)37)22(19-31(4)5)25(30-26)21-18-20(10-11-23(21)42-17-8-2)43(39,40)34-15-13-33(14-16-34)29(38)41-9-3/h10-11,18,30H,7-9,12-17,19H2,1-6H3. The summed E-state index contributed by atoms with van der Waals surface area (Å²) in [5, 5.41) is 0.379. The number of carbonyl (C=O) groups excluding carboxylic acids is 1. The van der Waals surface area contributed by atoms with Gasteiger partial charge >= 0.3 is 11.8 Å². The van der Waals surface area contributed by atoms with E-state index in [0.717, 1.165) is 11.0 Å². The minimum atomic E-state index is -3.94. The lowest BCUT2D eigenvalue weighted by molar-refractivity contribution is 0.0934. The zero-order valence-corrected chi connectivity index (χ0v) is 26.6. The van der Waals surface area contributed by atoms with Crippen molar-refractivity contribution in [3.63, 3.8) is 0 Å². The third-order valence-corrected chi connectivity index (χ3v) is 9.29. The van der Waals surface area contributed by atoms with Gasteiger partial charge in [0.25, 0.3) is 5.56 Å². The maximum atomic E-state index is 13.8. The Morgan fingerprint density at radius 3 is 2.35 bits per heavy atom. The number of aryl methyl sites for hydroxylation is 1. The highest BCUT2D eigenvalue weighted by atomic mass is 32.2. The Morgan fingerprint density at radius 2 is 1.74 bits per heavy atom. The van der Waals surface area contributed by atoms with Gasteiger partial charge in [0, 0.05) is 57.4 Å². The van der Waals surface area contributed by atoms with E-state index in [0.29, 0.717) is 59.7 Å². The van der Waals surface area contributed by atoms with Crippen LogP contribution in [0.1, 0.15) is 39.2 Å². The van der Waals surface area contributed by atoms with E-state index < -0.39 is 27.4 Å². The number of piperazine rings is 1. The molecule has 2 aromatic heterocycles. The molecule has 1 amide bonds. The SMILES string of the molecule is CCCOc1ccc(S(=O)(=O)N2CCN(C(=O)OCC)CC2)cc1-c1[nH]c2c(c1CN(C)C)c(=O)n(C)c(=O)n2CCC. The Hall–Kier alpha value is -3.62. The Bertz CT molecular complexity index is 1700. The van der Waals surface area contributed by atoms with Crippen LogP contribution in [0.5, 0.6) is 5.75 Å². The highest BCUT2D eigenvalue weighted by Gasteiger charge is 2.32. The molecule has 1 aliphatic rings. The Morgan fingerprint density at radius 1 is 1.05 bits per heavy atom. The predicted octanol–water partition coefficient (Wildman–Crippen LogP) is 2.42. The molecule has 14 heteroatoms. The van der Waals surface area contributed by atoms with E-state index in [1.807, 2.05) is 32.8 Å². The Balaban J connectivity index is 1.89. The van der Waals surface area contributed by atoms with Crippen molar-refractivity contribution in [1.29, 1.82) is 0 Å². The van der Waals surface area contributed by atoms with E-state index in [1.165, 1.54) is 22.3 Å². The van der Waals surface area contributed by atoms with Gasteiger partial charge in [0.2, 0.25) is 10.0 Å². The highest BCUT2D eigenvalue weighted by Crippen LogP contribution is 2.37. The Kier molecular flexibility index (Phi) is 10.0. The van der Waals surface area contributed by atoms with Gasteiger partial charge < -0.3 is 24.3 Å². The zero-order valence-electron chi connectivity index (χ0n) is 25.8. The minimum Gasteiger partial charge on any atom is -0.493 e. The molecule has 1 aromatic carbocycles. The second kappa shape index (κ2) is 13.3. The molecule has 0 saturated carbocycles. The van der Waals surface area contributed by atoms with E-state index >= 15 is 0 Å². The summed E-state index contributed by atoms with van der Waals surface area (Å²) in [7, 11) is 1.27. The number of sulfonamides is 1. The molecular formula is C29H42N6O7S. The van der Waals surface area contributed by atoms with Crippen LogP contribution in [0.25, 0.3) is 22.3 Å². The molecule has 3 aromatic rings. The quantitative estimate of drug-likeness (QED) is 0.346. The van der Waals surface area contributed by atoms with Crippen molar-refractivity contribution in [3.8, 4) is 17.0 Å². The molecule has 13 nitrogen and oxygen atoms in total. The predicted molar refractivity (Wildman–Crippen MR) is 164 cm³/mol. The fourth-order valence-electron chi connectivity index (χ4n) is 5.30. The van der Waals surface area contributed by atoms with Crippen LogP contribution in [0.2, 0.25) is 0 Å². The topological polar surface area (TPSA) is 139 Å². The summed E-state index contributed by atoms with van der Waals surface area (Å²) in [5.74, 6) is 0.459. The van der Waals surface area contributed by atoms with Gasteiger partial charge in [-0.25, -0.2) is 18.0 Å². The van der Waals surface area contributed by atoms with Crippen LogP contribution >= 0.6 is 0 Å². The fraction of sp³-hybridized carbons (Fsp3) is 0.552. The number of fused-ring (bicyclic) bond motifs is 1. The molecule has 1 saturated heterocycles. The van der Waals surface area contributed by atoms with Crippen LogP contribution in [0.4, 0.5) is 4.79 Å². The minimum absolute atomic E-state index is 0.0595. The summed E-state index contributed by atoms with van der Waals surface area (Å²) < 4.78 is 42.9. The van der Waals surface area contributed by atoms with Crippen molar-refractivity contribution < 1.29 is 22.7 Å². The molecule has 43 heavy (non-hydrogen) atoms. The van der Waals surface area contributed by atoms with Crippen molar-refractivity contribution in [2.75, 3.05) is 53.5 Å². The number of H-pyrrole nitrogens is 1. The molecule has 0 unspecified atom stereocenters. The van der Waals surface area contributed by atoms with Gasteiger partial charge in [0.15, 0.2) is 0 Å². The smallest absolute Gasteiger partial charge is 0.409 e. The molecule has 0 atom stereocenters. The summed E-state index contributed by atoms with van der Waals surface area (Å²) in [4.78, 5) is 45.5. The molecule has 4 rings (SSSR count). The summed E-state index contributed by atoms with van der Waals surface area (Å²) in [5.41, 5.74) is 1.18. The van der Waals surface area contributed by atoms with Gasteiger partial charge in [-0.15, -0.1) is 0 Å². The second-order valence-electron chi connectivity index (χ2n) is 10.8. The van der Waals surface area contributed by atoms with E-state index in [-0.39, 0.29) is 37.7 Å². The lowest BCUT2D eigenvalue weighted by atomic mass is 10.0. The number of ether oxygens (including phenoxy) is 2. The fourth-order valence-corrected chi connectivity index (χ4v) is 6.75. The number of aromatic amines is 1.